The van der Waals surface area contributed by atoms with Crippen molar-refractivity contribution in [2.45, 2.75) is 32.1 Å². The molecular formula is C21H26N4O. The van der Waals surface area contributed by atoms with E-state index >= 15 is 0 Å². The Labute approximate surface area is 155 Å². The van der Waals surface area contributed by atoms with E-state index < -0.39 is 0 Å². The minimum atomic E-state index is 0.0339. The molecule has 0 radical (unpaired) electrons. The van der Waals surface area contributed by atoms with Gasteiger partial charge in [0.05, 0.1) is 0 Å². The zero-order valence-electron chi connectivity index (χ0n) is 15.2. The SMILES string of the molecule is O=C(c1cc(Nc2ccc(N3CCCCC3)cc2)ccn1)N1CCCC1. The molecule has 136 valence electrons. The highest BCUT2D eigenvalue weighted by molar-refractivity contribution is 5.93. The van der Waals surface area contributed by atoms with E-state index in [1.807, 2.05) is 17.0 Å². The fourth-order valence-electron chi connectivity index (χ4n) is 3.78. The van der Waals surface area contributed by atoms with Gasteiger partial charge in [-0.25, -0.2) is 0 Å². The van der Waals surface area contributed by atoms with Gasteiger partial charge in [-0.05, 0) is 68.5 Å². The summed E-state index contributed by atoms with van der Waals surface area (Å²) < 4.78 is 0. The zero-order valence-corrected chi connectivity index (χ0v) is 15.2. The standard InChI is InChI=1S/C21H26N4O/c26-21(25-14-4-5-15-25)20-16-18(10-11-22-20)23-17-6-8-19(9-7-17)24-12-2-1-3-13-24/h6-11,16H,1-5,12-15H2,(H,22,23). The minimum absolute atomic E-state index is 0.0339. The van der Waals surface area contributed by atoms with E-state index in [2.05, 4.69) is 39.5 Å². The average Bonchev–Trinajstić information content (AvgIpc) is 3.24. The maximum atomic E-state index is 12.5. The van der Waals surface area contributed by atoms with Crippen LogP contribution in [0.4, 0.5) is 17.1 Å². The van der Waals surface area contributed by atoms with Crippen molar-refractivity contribution in [3.05, 3.63) is 48.3 Å². The van der Waals surface area contributed by atoms with Crippen LogP contribution in [0, 0.1) is 0 Å². The molecule has 0 saturated carbocycles. The first-order valence-corrected chi connectivity index (χ1v) is 9.67. The van der Waals surface area contributed by atoms with Crippen LogP contribution in [0.2, 0.25) is 0 Å². The molecule has 2 aliphatic heterocycles. The molecular weight excluding hydrogens is 324 g/mol. The number of hydrogen-bond acceptors (Lipinski definition) is 4. The number of hydrogen-bond donors (Lipinski definition) is 1. The lowest BCUT2D eigenvalue weighted by molar-refractivity contribution is 0.0787. The van der Waals surface area contributed by atoms with E-state index in [1.54, 1.807) is 6.20 Å². The number of nitrogens with zero attached hydrogens (tertiary/aromatic N) is 3. The molecule has 0 unspecified atom stereocenters. The van der Waals surface area contributed by atoms with Gasteiger partial charge in [-0.15, -0.1) is 0 Å². The summed E-state index contributed by atoms with van der Waals surface area (Å²) in [6, 6.07) is 12.3. The van der Waals surface area contributed by atoms with Gasteiger partial charge in [0.2, 0.25) is 0 Å². The second-order valence-electron chi connectivity index (χ2n) is 7.15. The predicted octanol–water partition coefficient (Wildman–Crippen LogP) is 4.05. The van der Waals surface area contributed by atoms with Crippen LogP contribution >= 0.6 is 0 Å². The molecule has 2 aliphatic rings. The number of carbonyl (C=O) groups is 1. The second-order valence-corrected chi connectivity index (χ2v) is 7.15. The maximum Gasteiger partial charge on any atom is 0.272 e. The van der Waals surface area contributed by atoms with E-state index in [9.17, 15) is 4.79 Å². The van der Waals surface area contributed by atoms with Crippen LogP contribution < -0.4 is 10.2 Å². The summed E-state index contributed by atoms with van der Waals surface area (Å²) in [6.07, 6.45) is 7.79. The van der Waals surface area contributed by atoms with Gasteiger partial charge in [0.1, 0.15) is 5.69 Å². The van der Waals surface area contributed by atoms with Crippen molar-refractivity contribution in [3.63, 3.8) is 0 Å². The maximum absolute atomic E-state index is 12.5. The molecule has 2 fully saturated rings. The van der Waals surface area contributed by atoms with Gasteiger partial charge >= 0.3 is 0 Å². The van der Waals surface area contributed by atoms with Crippen molar-refractivity contribution in [3.8, 4) is 0 Å². The monoisotopic (exact) mass is 350 g/mol. The summed E-state index contributed by atoms with van der Waals surface area (Å²) in [7, 11) is 0. The van der Waals surface area contributed by atoms with Gasteiger partial charge in [-0.1, -0.05) is 0 Å². The molecule has 1 N–H and O–H groups in total. The van der Waals surface area contributed by atoms with E-state index in [-0.39, 0.29) is 5.91 Å². The first-order chi connectivity index (χ1) is 12.8. The molecule has 1 aromatic heterocycles. The Morgan fingerprint density at radius 1 is 0.846 bits per heavy atom. The molecule has 0 atom stereocenters. The third-order valence-corrected chi connectivity index (χ3v) is 5.25. The second kappa shape index (κ2) is 7.77. The van der Waals surface area contributed by atoms with Crippen LogP contribution in [0.3, 0.4) is 0 Å². The van der Waals surface area contributed by atoms with Crippen LogP contribution in [-0.4, -0.2) is 42.0 Å². The van der Waals surface area contributed by atoms with Gasteiger partial charge in [-0.3, -0.25) is 9.78 Å². The average molecular weight is 350 g/mol. The van der Waals surface area contributed by atoms with Crippen LogP contribution in [0.1, 0.15) is 42.6 Å². The number of carbonyl (C=O) groups excluding carboxylic acids is 1. The summed E-state index contributed by atoms with van der Waals surface area (Å²) in [6.45, 7) is 3.99. The van der Waals surface area contributed by atoms with Crippen molar-refractivity contribution < 1.29 is 4.79 Å². The highest BCUT2D eigenvalue weighted by Crippen LogP contribution is 2.24. The number of benzene rings is 1. The minimum Gasteiger partial charge on any atom is -0.372 e. The molecule has 0 bridgehead atoms. The zero-order chi connectivity index (χ0) is 17.8. The number of pyridine rings is 1. The Hall–Kier alpha value is -2.56. The molecule has 2 aromatic rings. The first-order valence-electron chi connectivity index (χ1n) is 9.67. The van der Waals surface area contributed by atoms with Gasteiger partial charge in [0, 0.05) is 49.4 Å². The quantitative estimate of drug-likeness (QED) is 0.904. The molecule has 1 aromatic carbocycles. The summed E-state index contributed by atoms with van der Waals surface area (Å²) >= 11 is 0. The molecule has 1 amide bonds. The molecule has 4 rings (SSSR count). The molecule has 26 heavy (non-hydrogen) atoms. The van der Waals surface area contributed by atoms with E-state index in [4.69, 9.17) is 0 Å². The van der Waals surface area contributed by atoms with Gasteiger partial charge < -0.3 is 15.1 Å². The largest absolute Gasteiger partial charge is 0.372 e. The van der Waals surface area contributed by atoms with Crippen LogP contribution in [0.15, 0.2) is 42.6 Å². The number of amides is 1. The Balaban J connectivity index is 1.43. The Bertz CT molecular complexity index is 747. The third-order valence-electron chi connectivity index (χ3n) is 5.25. The third kappa shape index (κ3) is 3.82. The van der Waals surface area contributed by atoms with E-state index in [1.165, 1.54) is 24.9 Å². The Morgan fingerprint density at radius 3 is 2.27 bits per heavy atom. The number of nitrogens with one attached hydrogen (secondary N) is 1. The van der Waals surface area contributed by atoms with Gasteiger partial charge in [0.15, 0.2) is 0 Å². The highest BCUT2D eigenvalue weighted by atomic mass is 16.2. The van der Waals surface area contributed by atoms with Crippen molar-refractivity contribution in [1.29, 1.82) is 0 Å². The topological polar surface area (TPSA) is 48.5 Å². The number of likely N-dealkylation sites (tertiary alicyclic amines) is 1. The molecule has 0 aliphatic carbocycles. The number of piperidine rings is 1. The summed E-state index contributed by atoms with van der Waals surface area (Å²) in [5.74, 6) is 0.0339. The van der Waals surface area contributed by atoms with E-state index in [0.717, 1.165) is 50.4 Å². The van der Waals surface area contributed by atoms with Crippen LogP contribution in [0.25, 0.3) is 0 Å². The van der Waals surface area contributed by atoms with Crippen molar-refractivity contribution in [1.82, 2.24) is 9.88 Å². The van der Waals surface area contributed by atoms with Crippen molar-refractivity contribution in [2.24, 2.45) is 0 Å². The molecule has 2 saturated heterocycles. The molecule has 5 heteroatoms. The van der Waals surface area contributed by atoms with Crippen LogP contribution in [-0.2, 0) is 0 Å². The van der Waals surface area contributed by atoms with Crippen molar-refractivity contribution in [2.75, 3.05) is 36.4 Å². The summed E-state index contributed by atoms with van der Waals surface area (Å²) in [5.41, 5.74) is 3.72. The first kappa shape index (κ1) is 16.9. The van der Waals surface area contributed by atoms with Gasteiger partial charge in [0.25, 0.3) is 5.91 Å². The predicted molar refractivity (Wildman–Crippen MR) is 105 cm³/mol. The number of aromatic nitrogens is 1. The van der Waals surface area contributed by atoms with E-state index in [0.29, 0.717) is 5.69 Å². The molecule has 5 nitrogen and oxygen atoms in total. The fourth-order valence-corrected chi connectivity index (χ4v) is 3.78. The van der Waals surface area contributed by atoms with Crippen LogP contribution in [0.5, 0.6) is 0 Å². The summed E-state index contributed by atoms with van der Waals surface area (Å²) in [4.78, 5) is 21.1. The molecule has 0 spiro atoms. The number of rotatable bonds is 4. The smallest absolute Gasteiger partial charge is 0.272 e. The number of anilines is 3. The summed E-state index contributed by atoms with van der Waals surface area (Å²) in [5, 5.41) is 3.39. The van der Waals surface area contributed by atoms with Gasteiger partial charge in [-0.2, -0.15) is 0 Å². The lowest BCUT2D eigenvalue weighted by Crippen LogP contribution is -2.29. The Kier molecular flexibility index (Phi) is 5.04. The molecule has 3 heterocycles. The fraction of sp³-hybridized carbons (Fsp3) is 0.429. The Morgan fingerprint density at radius 2 is 1.54 bits per heavy atom. The lowest BCUT2D eigenvalue weighted by Gasteiger charge is -2.28. The highest BCUT2D eigenvalue weighted by Gasteiger charge is 2.20. The lowest BCUT2D eigenvalue weighted by atomic mass is 10.1. The normalized spacial score (nSPS) is 17.4. The van der Waals surface area contributed by atoms with Crippen molar-refractivity contribution >= 4 is 23.0 Å².